The van der Waals surface area contributed by atoms with E-state index >= 15 is 0 Å². The molecule has 0 radical (unpaired) electrons. The fraction of sp³-hybridized carbons (Fsp3) is 0. The Morgan fingerprint density at radius 1 is 0.800 bits per heavy atom. The van der Waals surface area contributed by atoms with Crippen molar-refractivity contribution in [2.24, 2.45) is 0 Å². The summed E-state index contributed by atoms with van der Waals surface area (Å²) in [6, 6.07) is 0. The minimum absolute atomic E-state index is 0. The first-order valence-electron chi connectivity index (χ1n) is 1.11. The molecule has 0 aromatic heterocycles. The average molecular weight is 256 g/mol. The quantitative estimate of drug-likeness (QED) is 0.341. The van der Waals surface area contributed by atoms with Crippen molar-refractivity contribution < 1.29 is 63.5 Å². The van der Waals surface area contributed by atoms with E-state index in [1.165, 1.54) is 0 Å². The molecule has 0 bridgehead atoms. The van der Waals surface area contributed by atoms with Gasteiger partial charge in [0.25, 0.3) is 0 Å². The van der Waals surface area contributed by atoms with Crippen LogP contribution in [0.2, 0.25) is 0 Å². The van der Waals surface area contributed by atoms with Gasteiger partial charge in [-0.05, 0) is 0 Å². The summed E-state index contributed by atoms with van der Waals surface area (Å²) in [4.78, 5) is 18.2. The first kappa shape index (κ1) is 33.1. The summed E-state index contributed by atoms with van der Waals surface area (Å²) in [5.41, 5.74) is 0. The molecule has 8 N–H and O–H groups in total. The van der Waals surface area contributed by atoms with E-state index in [-0.39, 0.29) is 43.7 Å². The van der Waals surface area contributed by atoms with Crippen LogP contribution in [0.1, 0.15) is 0 Å². The number of hydrogen-bond acceptors (Lipinski definition) is 2. The van der Waals surface area contributed by atoms with Gasteiger partial charge in [0, 0.05) is 27.3 Å². The zero-order chi connectivity index (χ0) is 5.15. The smallest absolute Gasteiger partial charge is 0.414 e. The first-order valence-corrected chi connectivity index (χ1v) is 1.11. The van der Waals surface area contributed by atoms with E-state index in [0.717, 1.165) is 0 Å². The average Bonchev–Trinajstić information content (AvgIpc) is 1.36. The van der Waals surface area contributed by atoms with Gasteiger partial charge >= 0.3 is 11.9 Å². The summed E-state index contributed by atoms with van der Waals surface area (Å²) >= 11 is 0. The van der Waals surface area contributed by atoms with Crippen LogP contribution in [-0.2, 0) is 36.9 Å². The number of carbonyl (C=O) groups is 2. The molecule has 60 valence electrons. The molecule has 0 unspecified atom stereocenters. The summed E-state index contributed by atoms with van der Waals surface area (Å²) in [5, 5.41) is 14.8. The monoisotopic (exact) mass is 258 g/mol. The van der Waals surface area contributed by atoms with Crippen LogP contribution in [0.5, 0.6) is 0 Å². The molecule has 0 aliphatic heterocycles. The molecule has 0 spiro atoms. The number of carboxylic acids is 2. The topological polar surface area (TPSA) is 169 Å². The zero-order valence-corrected chi connectivity index (χ0v) is 8.95. The van der Waals surface area contributed by atoms with Crippen LogP contribution in [0.4, 0.5) is 0 Å². The second-order valence-electron chi connectivity index (χ2n) is 0.610. The molecule has 0 aromatic rings. The largest absolute Gasteiger partial charge is 0.473 e. The van der Waals surface area contributed by atoms with Crippen LogP contribution in [0.25, 0.3) is 0 Å². The van der Waals surface area contributed by atoms with Gasteiger partial charge in [0.15, 0.2) is 0 Å². The van der Waals surface area contributed by atoms with Gasteiger partial charge in [-0.3, -0.25) is 0 Å². The number of aliphatic carboxylic acids is 2. The Kier molecular flexibility index (Phi) is 52.6. The minimum atomic E-state index is -1.82. The normalized spacial score (nSPS) is 4.40. The van der Waals surface area contributed by atoms with Crippen LogP contribution in [0.15, 0.2) is 0 Å². The molecule has 8 heteroatoms. The SMILES string of the molecule is O.O.O.O=C(O)C(=O)O.[Cd]. The Balaban J connectivity index is -0.0000000208. The molecule has 0 rings (SSSR count). The van der Waals surface area contributed by atoms with Crippen LogP contribution < -0.4 is 0 Å². The van der Waals surface area contributed by atoms with E-state index in [2.05, 4.69) is 0 Å². The van der Waals surface area contributed by atoms with Crippen LogP contribution in [-0.4, -0.2) is 38.6 Å². The third kappa shape index (κ3) is 25.1. The summed E-state index contributed by atoms with van der Waals surface area (Å²) in [5.74, 6) is -3.65. The Morgan fingerprint density at radius 2 is 0.900 bits per heavy atom. The maximum atomic E-state index is 9.10. The Morgan fingerprint density at radius 3 is 0.900 bits per heavy atom. The van der Waals surface area contributed by atoms with Crippen molar-refractivity contribution >= 4 is 11.9 Å². The standard InChI is InChI=1S/C2H2O4.Cd.3H2O/c3-1(4)2(5)6;;;;/h(H,3,4)(H,5,6);;3*1H2. The summed E-state index contributed by atoms with van der Waals surface area (Å²) in [7, 11) is 0. The zero-order valence-electron chi connectivity index (χ0n) is 4.92. The molecule has 0 saturated heterocycles. The third-order valence-corrected chi connectivity index (χ3v) is 0.183. The van der Waals surface area contributed by atoms with Gasteiger partial charge in [-0.1, -0.05) is 0 Å². The third-order valence-electron chi connectivity index (χ3n) is 0.183. The Hall–Kier alpha value is -0.258. The fourth-order valence-corrected chi connectivity index (χ4v) is 0. The maximum absolute atomic E-state index is 9.10. The van der Waals surface area contributed by atoms with E-state index in [0.29, 0.717) is 0 Å². The Bertz CT molecular complexity index is 77.6. The Labute approximate surface area is 75.7 Å². The van der Waals surface area contributed by atoms with Crippen molar-refractivity contribution in [1.82, 2.24) is 0 Å². The molecule has 0 fully saturated rings. The molecule has 7 nitrogen and oxygen atoms in total. The summed E-state index contributed by atoms with van der Waals surface area (Å²) in [6.07, 6.45) is 0. The molecule has 0 aliphatic carbocycles. The summed E-state index contributed by atoms with van der Waals surface area (Å²) in [6.45, 7) is 0. The predicted molar refractivity (Wildman–Crippen MR) is 26.1 cm³/mol. The second-order valence-corrected chi connectivity index (χ2v) is 0.610. The second kappa shape index (κ2) is 15.9. The molecule has 0 aliphatic rings. The van der Waals surface area contributed by atoms with Gasteiger partial charge in [0.1, 0.15) is 0 Å². The summed E-state index contributed by atoms with van der Waals surface area (Å²) < 4.78 is 0. The predicted octanol–water partition coefficient (Wildman–Crippen LogP) is -3.32. The van der Waals surface area contributed by atoms with Crippen LogP contribution in [0, 0.1) is 0 Å². The molecular formula is C2H8CdO7. The van der Waals surface area contributed by atoms with Crippen molar-refractivity contribution in [3.63, 3.8) is 0 Å². The van der Waals surface area contributed by atoms with E-state index in [9.17, 15) is 0 Å². The van der Waals surface area contributed by atoms with E-state index in [1.807, 2.05) is 0 Å². The van der Waals surface area contributed by atoms with Gasteiger partial charge in [0.05, 0.1) is 0 Å². The van der Waals surface area contributed by atoms with Crippen molar-refractivity contribution in [2.45, 2.75) is 0 Å². The van der Waals surface area contributed by atoms with E-state index in [4.69, 9.17) is 19.8 Å². The maximum Gasteiger partial charge on any atom is 0.414 e. The molecule has 0 atom stereocenters. The number of carboxylic acid groups (broad SMARTS) is 2. The van der Waals surface area contributed by atoms with Crippen LogP contribution in [0.3, 0.4) is 0 Å². The number of hydrogen-bond donors (Lipinski definition) is 2. The first-order chi connectivity index (χ1) is 2.64. The van der Waals surface area contributed by atoms with Crippen LogP contribution >= 0.6 is 0 Å². The van der Waals surface area contributed by atoms with Gasteiger partial charge in [-0.25, -0.2) is 9.59 Å². The van der Waals surface area contributed by atoms with E-state index in [1.54, 1.807) is 0 Å². The van der Waals surface area contributed by atoms with Crippen molar-refractivity contribution in [3.05, 3.63) is 0 Å². The van der Waals surface area contributed by atoms with Crippen molar-refractivity contribution in [3.8, 4) is 0 Å². The van der Waals surface area contributed by atoms with Gasteiger partial charge < -0.3 is 26.6 Å². The molecule has 10 heavy (non-hydrogen) atoms. The minimum Gasteiger partial charge on any atom is -0.473 e. The molecule has 0 aromatic carbocycles. The van der Waals surface area contributed by atoms with Crippen molar-refractivity contribution in [2.75, 3.05) is 0 Å². The van der Waals surface area contributed by atoms with Gasteiger partial charge in [0.2, 0.25) is 0 Å². The van der Waals surface area contributed by atoms with Gasteiger partial charge in [-0.2, -0.15) is 0 Å². The van der Waals surface area contributed by atoms with Gasteiger partial charge in [-0.15, -0.1) is 0 Å². The molecular weight excluding hydrogens is 248 g/mol. The fourth-order valence-electron chi connectivity index (χ4n) is 0. The van der Waals surface area contributed by atoms with E-state index < -0.39 is 11.9 Å². The molecule has 0 saturated carbocycles. The number of rotatable bonds is 0. The molecule has 0 amide bonds. The van der Waals surface area contributed by atoms with Crippen molar-refractivity contribution in [1.29, 1.82) is 0 Å². The molecule has 0 heterocycles.